The Hall–Kier alpha value is -1.68. The lowest BCUT2D eigenvalue weighted by Crippen LogP contribution is -2.30. The van der Waals surface area contributed by atoms with E-state index in [9.17, 15) is 4.21 Å². The van der Waals surface area contributed by atoms with Crippen LogP contribution in [0.2, 0.25) is 0 Å². The maximum atomic E-state index is 12.5. The lowest BCUT2D eigenvalue weighted by molar-refractivity contribution is 0.414. The zero-order chi connectivity index (χ0) is 19.3. The fraction of sp³-hybridized carbons (Fsp3) is 0.476. The Morgan fingerprint density at radius 1 is 1.12 bits per heavy atom. The normalized spacial score (nSPS) is 13.7. The largest absolute Gasteiger partial charge is 0.497 e. The molecule has 0 aliphatic carbocycles. The van der Waals surface area contributed by atoms with E-state index < -0.39 is 21.1 Å². The third-order valence-electron chi connectivity index (χ3n) is 3.82. The minimum Gasteiger partial charge on any atom is -0.497 e. The number of allylic oxidation sites excluding steroid dienone is 2. The minimum atomic E-state index is -1.31. The third kappa shape index (κ3) is 6.28. The molecule has 3 nitrogen and oxygen atoms in total. The molecule has 1 rings (SSSR count). The first-order chi connectivity index (χ1) is 11.5. The van der Waals surface area contributed by atoms with Crippen molar-refractivity contribution in [2.45, 2.75) is 57.6 Å². The minimum absolute atomic E-state index is 0.394. The van der Waals surface area contributed by atoms with Gasteiger partial charge in [0.25, 0.3) is 0 Å². The van der Waals surface area contributed by atoms with Crippen LogP contribution in [0, 0.1) is 0 Å². The molecule has 0 N–H and O–H groups in total. The van der Waals surface area contributed by atoms with Crippen LogP contribution in [-0.4, -0.2) is 22.3 Å². The summed E-state index contributed by atoms with van der Waals surface area (Å²) in [5.74, 6) is 0.804. The van der Waals surface area contributed by atoms with Gasteiger partial charge in [0, 0.05) is 11.6 Å². The molecular formula is C21H31NO2S. The first-order valence-electron chi connectivity index (χ1n) is 8.41. The molecule has 0 amide bonds. The van der Waals surface area contributed by atoms with Gasteiger partial charge in [-0.2, -0.15) is 4.40 Å². The molecule has 1 atom stereocenters. The van der Waals surface area contributed by atoms with E-state index in [1.54, 1.807) is 7.11 Å². The number of rotatable bonds is 8. The van der Waals surface area contributed by atoms with Crippen LogP contribution in [0.5, 0.6) is 5.75 Å². The van der Waals surface area contributed by atoms with Crippen LogP contribution in [-0.2, 0) is 16.4 Å². The zero-order valence-corrected chi connectivity index (χ0v) is 17.2. The van der Waals surface area contributed by atoms with Crippen LogP contribution in [0.15, 0.2) is 53.0 Å². The molecule has 1 aromatic carbocycles. The third-order valence-corrected chi connectivity index (χ3v) is 5.16. The van der Waals surface area contributed by atoms with Crippen LogP contribution >= 0.6 is 0 Å². The van der Waals surface area contributed by atoms with Gasteiger partial charge in [-0.05, 0) is 65.2 Å². The summed E-state index contributed by atoms with van der Waals surface area (Å²) in [5.41, 5.74) is 2.77. The summed E-state index contributed by atoms with van der Waals surface area (Å²) >= 11 is 0. The summed E-state index contributed by atoms with van der Waals surface area (Å²) in [7, 11) is 0.343. The Morgan fingerprint density at radius 3 is 1.96 bits per heavy atom. The van der Waals surface area contributed by atoms with Gasteiger partial charge in [-0.15, -0.1) is 13.2 Å². The molecule has 0 aliphatic heterocycles. The Morgan fingerprint density at radius 2 is 1.60 bits per heavy atom. The second kappa shape index (κ2) is 8.61. The van der Waals surface area contributed by atoms with Gasteiger partial charge in [-0.3, -0.25) is 0 Å². The maximum Gasteiger partial charge on any atom is 0.144 e. The molecule has 0 saturated heterocycles. The molecule has 0 heterocycles. The highest BCUT2D eigenvalue weighted by Gasteiger charge is 2.32. The summed E-state index contributed by atoms with van der Waals surface area (Å²) in [6.45, 7) is 18.0. The predicted octanol–water partition coefficient (Wildman–Crippen LogP) is 5.40. The number of benzene rings is 1. The number of hydrogen-bond acceptors (Lipinski definition) is 2. The van der Waals surface area contributed by atoms with E-state index in [0.29, 0.717) is 0 Å². The van der Waals surface area contributed by atoms with Crippen molar-refractivity contribution in [1.29, 1.82) is 0 Å². The number of nitrogens with zero attached hydrogens (tertiary/aromatic N) is 1. The van der Waals surface area contributed by atoms with Gasteiger partial charge in [0.1, 0.15) is 16.7 Å². The predicted molar refractivity (Wildman–Crippen MR) is 110 cm³/mol. The van der Waals surface area contributed by atoms with E-state index >= 15 is 0 Å². The number of hydrogen-bond donors (Lipinski definition) is 0. The Labute approximate surface area is 155 Å². The average Bonchev–Trinajstić information content (AvgIpc) is 2.50. The number of ether oxygens (including phenoxy) is 1. The van der Waals surface area contributed by atoms with Gasteiger partial charge in [-0.1, -0.05) is 23.3 Å². The summed E-state index contributed by atoms with van der Waals surface area (Å²) in [6.07, 6.45) is 3.29. The smallest absolute Gasteiger partial charge is 0.144 e. The summed E-state index contributed by atoms with van der Waals surface area (Å²) in [6, 6.07) is 7.96. The maximum absolute atomic E-state index is 12.5. The molecular weight excluding hydrogens is 330 g/mol. The molecule has 0 bridgehead atoms. The van der Waals surface area contributed by atoms with Crippen molar-refractivity contribution in [3.05, 3.63) is 54.1 Å². The van der Waals surface area contributed by atoms with E-state index in [1.807, 2.05) is 65.1 Å². The molecule has 0 aliphatic rings. The highest BCUT2D eigenvalue weighted by Crippen LogP contribution is 2.36. The van der Waals surface area contributed by atoms with E-state index in [-0.39, 0.29) is 0 Å². The fourth-order valence-electron chi connectivity index (χ4n) is 2.74. The van der Waals surface area contributed by atoms with Gasteiger partial charge >= 0.3 is 0 Å². The van der Waals surface area contributed by atoms with E-state index in [1.165, 1.54) is 0 Å². The first-order valence-corrected chi connectivity index (χ1v) is 9.51. The average molecular weight is 362 g/mol. The zero-order valence-electron chi connectivity index (χ0n) is 16.4. The lowest BCUT2D eigenvalue weighted by atomic mass is 9.72. The van der Waals surface area contributed by atoms with E-state index in [0.717, 1.165) is 35.3 Å². The first kappa shape index (κ1) is 21.4. The van der Waals surface area contributed by atoms with Crippen LogP contribution < -0.4 is 4.74 Å². The molecule has 25 heavy (non-hydrogen) atoms. The van der Waals surface area contributed by atoms with Crippen molar-refractivity contribution in [1.82, 2.24) is 0 Å². The van der Waals surface area contributed by atoms with Crippen molar-refractivity contribution in [3.8, 4) is 5.75 Å². The second-order valence-electron chi connectivity index (χ2n) is 7.75. The molecule has 0 unspecified atom stereocenters. The molecule has 138 valence electrons. The lowest BCUT2D eigenvalue weighted by Gasteiger charge is -2.32. The highest BCUT2D eigenvalue weighted by atomic mass is 32.2. The molecule has 1 aromatic rings. The topological polar surface area (TPSA) is 38.7 Å². The SMILES string of the molecule is C=C(C)CC(/C=N/[S@](=O)C(C)(C)C)(CC(=C)C)c1ccc(OC)cc1. The Balaban J connectivity index is 3.44. The molecule has 4 heteroatoms. The molecule has 0 radical (unpaired) electrons. The van der Waals surface area contributed by atoms with E-state index in [4.69, 9.17) is 4.74 Å². The van der Waals surface area contributed by atoms with Crippen LogP contribution in [0.1, 0.15) is 53.0 Å². The Bertz CT molecular complexity index is 650. The molecule has 0 spiro atoms. The molecule has 0 saturated carbocycles. The van der Waals surface area contributed by atoms with Crippen molar-refractivity contribution >= 4 is 17.2 Å². The summed E-state index contributed by atoms with van der Waals surface area (Å²) in [4.78, 5) is 0. The highest BCUT2D eigenvalue weighted by molar-refractivity contribution is 7.85. The van der Waals surface area contributed by atoms with E-state index in [2.05, 4.69) is 17.6 Å². The van der Waals surface area contributed by atoms with Crippen molar-refractivity contribution in [3.63, 3.8) is 0 Å². The quantitative estimate of drug-likeness (QED) is 0.459. The van der Waals surface area contributed by atoms with Gasteiger partial charge in [0.2, 0.25) is 0 Å². The van der Waals surface area contributed by atoms with Crippen molar-refractivity contribution in [2.24, 2.45) is 4.40 Å². The van der Waals surface area contributed by atoms with Gasteiger partial charge in [0.05, 0.1) is 11.9 Å². The van der Waals surface area contributed by atoms with Crippen molar-refractivity contribution in [2.75, 3.05) is 7.11 Å². The molecule has 0 fully saturated rings. The van der Waals surface area contributed by atoms with Gasteiger partial charge in [0.15, 0.2) is 0 Å². The Kier molecular flexibility index (Phi) is 7.36. The fourth-order valence-corrected chi connectivity index (χ4v) is 3.35. The standard InChI is InChI=1S/C21H31NO2S/c1-16(2)13-21(14-17(3)4,15-22-25(23)20(5,6)7)18-9-11-19(24-8)12-10-18/h9-12,15H,1,3,13-14H2,2,4-8H3/b22-15+/t25-/m1/s1. The van der Waals surface area contributed by atoms with Crippen LogP contribution in [0.3, 0.4) is 0 Å². The van der Waals surface area contributed by atoms with Crippen LogP contribution in [0.25, 0.3) is 0 Å². The van der Waals surface area contributed by atoms with Crippen LogP contribution in [0.4, 0.5) is 0 Å². The molecule has 0 aromatic heterocycles. The monoisotopic (exact) mass is 361 g/mol. The van der Waals surface area contributed by atoms with Crippen molar-refractivity contribution < 1.29 is 8.95 Å². The summed E-state index contributed by atoms with van der Waals surface area (Å²) in [5, 5.41) is 0. The summed E-state index contributed by atoms with van der Waals surface area (Å²) < 4.78 is 21.8. The second-order valence-corrected chi connectivity index (χ2v) is 9.68. The van der Waals surface area contributed by atoms with Gasteiger partial charge < -0.3 is 4.74 Å². The number of methoxy groups -OCH3 is 1. The van der Waals surface area contributed by atoms with Gasteiger partial charge in [-0.25, -0.2) is 4.21 Å².